The summed E-state index contributed by atoms with van der Waals surface area (Å²) >= 11 is 0. The second-order valence-corrected chi connectivity index (χ2v) is 5.88. The maximum Gasteiger partial charge on any atom is 0.305 e. The summed E-state index contributed by atoms with van der Waals surface area (Å²) in [5, 5.41) is 9.91. The average molecular weight is 344 g/mol. The Balaban J connectivity index is 2.11. The molecule has 0 bridgehead atoms. The fourth-order valence-electron chi connectivity index (χ4n) is 2.18. The number of methoxy groups -OCH3 is 1. The zero-order valence-corrected chi connectivity index (χ0v) is 15.3. The van der Waals surface area contributed by atoms with E-state index in [0.717, 1.165) is 12.8 Å². The molecule has 4 heteroatoms. The van der Waals surface area contributed by atoms with Crippen molar-refractivity contribution in [1.82, 2.24) is 0 Å². The number of carbonyl (C=O) groups is 1. The van der Waals surface area contributed by atoms with Gasteiger partial charge in [0.1, 0.15) is 12.2 Å². The molecule has 0 aromatic heterocycles. The van der Waals surface area contributed by atoms with Crippen LogP contribution in [-0.4, -0.2) is 36.5 Å². The maximum absolute atomic E-state index is 10.9. The van der Waals surface area contributed by atoms with Gasteiger partial charge in [0.2, 0.25) is 0 Å². The molecular weight excluding hydrogens is 316 g/mol. The monoisotopic (exact) mass is 344 g/mol. The van der Waals surface area contributed by atoms with E-state index >= 15 is 0 Å². The van der Waals surface area contributed by atoms with E-state index in [1.807, 2.05) is 0 Å². The van der Waals surface area contributed by atoms with Crippen molar-refractivity contribution in [3.05, 3.63) is 0 Å². The minimum absolute atomic E-state index is 0.00683. The summed E-state index contributed by atoms with van der Waals surface area (Å²) in [7, 11) is 1.38. The van der Waals surface area contributed by atoms with Crippen molar-refractivity contribution < 1.29 is 19.4 Å². The fourth-order valence-corrected chi connectivity index (χ4v) is 2.18. The summed E-state index contributed by atoms with van der Waals surface area (Å²) in [6.45, 7) is 2.18. The van der Waals surface area contributed by atoms with Crippen LogP contribution in [-0.2, 0) is 14.3 Å². The standard InChI is InChI=1S/C21H28O4/c1-3-4-5-6-10-13-16-19-21(25-19)18(22)15-12-9-7-8-11-14-17-20(23)24-2/h18-19,21-22H,3-6,9,11,14,16-17H2,1-2H3/t18-,19+,21+/m1/s1. The topological polar surface area (TPSA) is 59.1 Å². The summed E-state index contributed by atoms with van der Waals surface area (Å²) in [5.74, 6) is 17.5. The van der Waals surface area contributed by atoms with E-state index < -0.39 is 6.10 Å². The molecule has 1 saturated heterocycles. The number of epoxide rings is 1. The Hall–Kier alpha value is -1.93. The summed E-state index contributed by atoms with van der Waals surface area (Å²) in [6, 6.07) is 0. The van der Waals surface area contributed by atoms with Gasteiger partial charge in [-0.2, -0.15) is 0 Å². The minimum atomic E-state index is -0.770. The highest BCUT2D eigenvalue weighted by Crippen LogP contribution is 2.27. The number of hydrogen-bond acceptors (Lipinski definition) is 4. The lowest BCUT2D eigenvalue weighted by Gasteiger charge is -1.95. The first-order valence-electron chi connectivity index (χ1n) is 8.99. The third-order valence-corrected chi connectivity index (χ3v) is 3.73. The number of unbranched alkanes of at least 4 members (excludes halogenated alkanes) is 4. The molecule has 0 spiro atoms. The third kappa shape index (κ3) is 10.5. The molecule has 1 heterocycles. The quantitative estimate of drug-likeness (QED) is 0.318. The van der Waals surface area contributed by atoms with Crippen LogP contribution in [0.3, 0.4) is 0 Å². The molecule has 1 aliphatic heterocycles. The van der Waals surface area contributed by atoms with Crippen LogP contribution in [0.4, 0.5) is 0 Å². The summed E-state index contributed by atoms with van der Waals surface area (Å²) in [5.41, 5.74) is 0. The number of aliphatic hydroxyl groups is 1. The van der Waals surface area contributed by atoms with Crippen LogP contribution in [0.5, 0.6) is 0 Å². The zero-order chi connectivity index (χ0) is 18.3. The molecule has 1 N–H and O–H groups in total. The van der Waals surface area contributed by atoms with Gasteiger partial charge >= 0.3 is 5.97 Å². The van der Waals surface area contributed by atoms with Crippen LogP contribution >= 0.6 is 0 Å². The second-order valence-electron chi connectivity index (χ2n) is 5.88. The van der Waals surface area contributed by atoms with Crippen molar-refractivity contribution in [2.24, 2.45) is 0 Å². The molecule has 3 atom stereocenters. The van der Waals surface area contributed by atoms with Crippen LogP contribution in [0.25, 0.3) is 0 Å². The van der Waals surface area contributed by atoms with Gasteiger partial charge in [-0.25, -0.2) is 0 Å². The van der Waals surface area contributed by atoms with Gasteiger partial charge in [-0.1, -0.05) is 37.5 Å². The van der Waals surface area contributed by atoms with Gasteiger partial charge in [0.25, 0.3) is 0 Å². The van der Waals surface area contributed by atoms with E-state index in [-0.39, 0.29) is 18.2 Å². The molecule has 136 valence electrons. The maximum atomic E-state index is 10.9. The Morgan fingerprint density at radius 2 is 1.88 bits per heavy atom. The Morgan fingerprint density at radius 1 is 1.12 bits per heavy atom. The third-order valence-electron chi connectivity index (χ3n) is 3.73. The van der Waals surface area contributed by atoms with E-state index in [2.05, 4.69) is 47.2 Å². The van der Waals surface area contributed by atoms with Crippen molar-refractivity contribution in [1.29, 1.82) is 0 Å². The van der Waals surface area contributed by atoms with Gasteiger partial charge in [0.15, 0.2) is 0 Å². The Kier molecular flexibility index (Phi) is 11.3. The molecule has 0 aromatic rings. The van der Waals surface area contributed by atoms with Crippen LogP contribution in [0.2, 0.25) is 0 Å². The highest BCUT2D eigenvalue weighted by atomic mass is 16.6. The SMILES string of the molecule is CCCCCC#CC[C@@H]1O[C@H]1[C@H](O)C#CCC#CCCCC(=O)OC. The van der Waals surface area contributed by atoms with Crippen LogP contribution in [0.1, 0.15) is 64.7 Å². The lowest BCUT2D eigenvalue weighted by Crippen LogP contribution is -2.14. The molecule has 1 aliphatic rings. The predicted molar refractivity (Wildman–Crippen MR) is 97.2 cm³/mol. The van der Waals surface area contributed by atoms with Crippen LogP contribution < -0.4 is 0 Å². The molecule has 1 rings (SSSR count). The predicted octanol–water partition coefficient (Wildman–Crippen LogP) is 2.83. The van der Waals surface area contributed by atoms with Crippen molar-refractivity contribution >= 4 is 5.97 Å². The van der Waals surface area contributed by atoms with Gasteiger partial charge in [-0.15, -0.1) is 17.8 Å². The summed E-state index contributed by atoms with van der Waals surface area (Å²) in [4.78, 5) is 10.9. The van der Waals surface area contributed by atoms with Gasteiger partial charge in [0, 0.05) is 25.7 Å². The van der Waals surface area contributed by atoms with Gasteiger partial charge in [-0.05, 0) is 12.8 Å². The van der Waals surface area contributed by atoms with Gasteiger partial charge in [-0.3, -0.25) is 4.79 Å². The van der Waals surface area contributed by atoms with Gasteiger partial charge < -0.3 is 14.6 Å². The Morgan fingerprint density at radius 3 is 2.64 bits per heavy atom. The summed E-state index contributed by atoms with van der Waals surface area (Å²) in [6.07, 6.45) is 6.32. The van der Waals surface area contributed by atoms with Crippen molar-refractivity contribution in [3.8, 4) is 35.5 Å². The normalized spacial score (nSPS) is 18.5. The number of carbonyl (C=O) groups excluding carboxylic acids is 1. The molecule has 4 nitrogen and oxygen atoms in total. The molecule has 0 aromatic carbocycles. The minimum Gasteiger partial charge on any atom is -0.469 e. The van der Waals surface area contributed by atoms with E-state index in [9.17, 15) is 9.90 Å². The number of aliphatic hydroxyl groups excluding tert-OH is 1. The molecule has 0 saturated carbocycles. The first-order chi connectivity index (χ1) is 12.2. The lowest BCUT2D eigenvalue weighted by molar-refractivity contribution is -0.140. The van der Waals surface area contributed by atoms with Crippen LogP contribution in [0.15, 0.2) is 0 Å². The highest BCUT2D eigenvalue weighted by molar-refractivity contribution is 5.69. The van der Waals surface area contributed by atoms with E-state index in [1.54, 1.807) is 0 Å². The number of rotatable bonds is 8. The first kappa shape index (κ1) is 21.1. The lowest BCUT2D eigenvalue weighted by atomic mass is 10.1. The number of ether oxygens (including phenoxy) is 2. The number of esters is 1. The Bertz CT molecular complexity index is 576. The fraction of sp³-hybridized carbons (Fsp3) is 0.667. The molecule has 0 radical (unpaired) electrons. The van der Waals surface area contributed by atoms with Crippen molar-refractivity contribution in [2.75, 3.05) is 7.11 Å². The second kappa shape index (κ2) is 13.4. The highest BCUT2D eigenvalue weighted by Gasteiger charge is 2.43. The van der Waals surface area contributed by atoms with E-state index in [0.29, 0.717) is 32.1 Å². The summed E-state index contributed by atoms with van der Waals surface area (Å²) < 4.78 is 9.96. The van der Waals surface area contributed by atoms with Crippen molar-refractivity contribution in [2.45, 2.75) is 83.0 Å². The Labute approximate surface area is 151 Å². The largest absolute Gasteiger partial charge is 0.469 e. The molecule has 25 heavy (non-hydrogen) atoms. The van der Waals surface area contributed by atoms with Crippen molar-refractivity contribution in [3.63, 3.8) is 0 Å². The molecule has 0 unspecified atom stereocenters. The van der Waals surface area contributed by atoms with E-state index in [1.165, 1.54) is 20.0 Å². The van der Waals surface area contributed by atoms with Crippen LogP contribution in [0, 0.1) is 35.5 Å². The zero-order valence-electron chi connectivity index (χ0n) is 15.3. The van der Waals surface area contributed by atoms with Gasteiger partial charge in [0.05, 0.1) is 19.6 Å². The molecule has 0 aliphatic carbocycles. The number of hydrogen-bond donors (Lipinski definition) is 1. The smallest absolute Gasteiger partial charge is 0.305 e. The average Bonchev–Trinajstić information content (AvgIpc) is 3.39. The van der Waals surface area contributed by atoms with E-state index in [4.69, 9.17) is 4.74 Å². The molecular formula is C21H28O4. The molecule has 0 amide bonds. The molecule has 1 fully saturated rings. The first-order valence-corrected chi connectivity index (χ1v) is 8.99.